The number of aliphatic hydroxyl groups is 1. The van der Waals surface area contributed by atoms with Gasteiger partial charge in [-0.05, 0) is 37.7 Å². The number of benzene rings is 1. The molecule has 0 aromatic heterocycles. The maximum absolute atomic E-state index is 12.6. The van der Waals surface area contributed by atoms with Crippen LogP contribution >= 0.6 is 0 Å². The van der Waals surface area contributed by atoms with Crippen LogP contribution in [0.2, 0.25) is 0 Å². The second-order valence-corrected chi connectivity index (χ2v) is 5.41. The molecule has 1 amide bonds. The number of amides is 1. The van der Waals surface area contributed by atoms with Crippen LogP contribution in [0, 0.1) is 0 Å². The number of piperidine rings is 2. The van der Waals surface area contributed by atoms with E-state index in [0.29, 0.717) is 12.5 Å². The van der Waals surface area contributed by atoms with E-state index in [1.165, 1.54) is 6.42 Å². The van der Waals surface area contributed by atoms with Crippen LogP contribution in [0.5, 0.6) is 0 Å². The van der Waals surface area contributed by atoms with Crippen molar-refractivity contribution < 1.29 is 9.90 Å². The minimum atomic E-state index is -1.30. The van der Waals surface area contributed by atoms with Crippen molar-refractivity contribution >= 4 is 5.91 Å². The number of hydrogen-bond donors (Lipinski definition) is 1. The Labute approximate surface area is 107 Å². The Bertz CT molecular complexity index is 445. The first-order chi connectivity index (χ1) is 8.72. The standard InChI is InChI=1S/C15H19NO2/c17-14-15(18,12-6-2-1-3-7-12)10-9-13-8-4-5-11-16(13)14/h1-3,6-7,13,18H,4-5,8-11H2. The van der Waals surface area contributed by atoms with Gasteiger partial charge < -0.3 is 10.0 Å². The molecule has 2 atom stereocenters. The van der Waals surface area contributed by atoms with Crippen LogP contribution in [0.15, 0.2) is 30.3 Å². The molecule has 0 saturated carbocycles. The molecule has 2 fully saturated rings. The van der Waals surface area contributed by atoms with Crippen molar-refractivity contribution in [1.29, 1.82) is 0 Å². The third-order valence-electron chi connectivity index (χ3n) is 4.33. The molecular formula is C15H19NO2. The third kappa shape index (κ3) is 1.74. The van der Waals surface area contributed by atoms with Crippen LogP contribution in [0.1, 0.15) is 37.7 Å². The number of carbonyl (C=O) groups excluding carboxylic acids is 1. The van der Waals surface area contributed by atoms with E-state index in [0.717, 1.165) is 31.4 Å². The molecule has 3 rings (SSSR count). The topological polar surface area (TPSA) is 40.5 Å². The minimum absolute atomic E-state index is 0.0929. The smallest absolute Gasteiger partial charge is 0.259 e. The number of hydrogen-bond acceptors (Lipinski definition) is 2. The van der Waals surface area contributed by atoms with Gasteiger partial charge in [0.2, 0.25) is 0 Å². The van der Waals surface area contributed by atoms with Crippen LogP contribution in [0.3, 0.4) is 0 Å². The number of carbonyl (C=O) groups is 1. The summed E-state index contributed by atoms with van der Waals surface area (Å²) in [4.78, 5) is 14.5. The molecule has 1 aromatic carbocycles. The van der Waals surface area contributed by atoms with E-state index >= 15 is 0 Å². The summed E-state index contributed by atoms with van der Waals surface area (Å²) in [6.07, 6.45) is 4.83. The van der Waals surface area contributed by atoms with E-state index in [4.69, 9.17) is 0 Å². The molecule has 3 nitrogen and oxygen atoms in total. The lowest BCUT2D eigenvalue weighted by Gasteiger charge is -2.46. The molecule has 2 saturated heterocycles. The average molecular weight is 245 g/mol. The molecular weight excluding hydrogens is 226 g/mol. The molecule has 2 aliphatic heterocycles. The largest absolute Gasteiger partial charge is 0.375 e. The fraction of sp³-hybridized carbons (Fsp3) is 0.533. The van der Waals surface area contributed by atoms with Crippen molar-refractivity contribution in [3.63, 3.8) is 0 Å². The molecule has 96 valence electrons. The summed E-state index contributed by atoms with van der Waals surface area (Å²) < 4.78 is 0. The Morgan fingerprint density at radius 3 is 2.72 bits per heavy atom. The molecule has 18 heavy (non-hydrogen) atoms. The first-order valence-corrected chi connectivity index (χ1v) is 6.81. The zero-order valence-corrected chi connectivity index (χ0v) is 10.5. The van der Waals surface area contributed by atoms with Crippen LogP contribution in [-0.2, 0) is 10.4 Å². The van der Waals surface area contributed by atoms with E-state index in [-0.39, 0.29) is 5.91 Å². The lowest BCUT2D eigenvalue weighted by Crippen LogP contribution is -2.57. The van der Waals surface area contributed by atoms with Gasteiger partial charge in [-0.2, -0.15) is 0 Å². The molecule has 2 aliphatic rings. The van der Waals surface area contributed by atoms with Gasteiger partial charge in [-0.15, -0.1) is 0 Å². The molecule has 2 unspecified atom stereocenters. The van der Waals surface area contributed by atoms with E-state index in [9.17, 15) is 9.90 Å². The summed E-state index contributed by atoms with van der Waals surface area (Å²) in [7, 11) is 0. The van der Waals surface area contributed by atoms with Gasteiger partial charge in [0.1, 0.15) is 0 Å². The second kappa shape index (κ2) is 4.39. The van der Waals surface area contributed by atoms with Gasteiger partial charge in [0.25, 0.3) is 5.91 Å². The predicted octanol–water partition coefficient (Wildman–Crippen LogP) is 2.05. The van der Waals surface area contributed by atoms with Crippen molar-refractivity contribution in [1.82, 2.24) is 4.90 Å². The fourth-order valence-corrected chi connectivity index (χ4v) is 3.27. The van der Waals surface area contributed by atoms with Crippen LogP contribution in [0.25, 0.3) is 0 Å². The zero-order chi connectivity index (χ0) is 12.6. The Hall–Kier alpha value is -1.35. The highest BCUT2D eigenvalue weighted by Crippen LogP contribution is 2.38. The molecule has 1 N–H and O–H groups in total. The molecule has 0 spiro atoms. The number of fused-ring (bicyclic) bond motifs is 1. The van der Waals surface area contributed by atoms with E-state index in [1.807, 2.05) is 35.2 Å². The van der Waals surface area contributed by atoms with Crippen molar-refractivity contribution in [2.45, 2.75) is 43.7 Å². The van der Waals surface area contributed by atoms with Gasteiger partial charge in [0, 0.05) is 12.6 Å². The maximum Gasteiger partial charge on any atom is 0.259 e. The van der Waals surface area contributed by atoms with Crippen molar-refractivity contribution in [2.24, 2.45) is 0 Å². The normalized spacial score (nSPS) is 32.2. The summed E-state index contributed by atoms with van der Waals surface area (Å²) in [5, 5.41) is 10.8. The first-order valence-electron chi connectivity index (χ1n) is 6.81. The Balaban J connectivity index is 1.92. The SMILES string of the molecule is O=C1N2CCCCC2CCC1(O)c1ccccc1. The maximum atomic E-state index is 12.6. The van der Waals surface area contributed by atoms with Gasteiger partial charge in [0.05, 0.1) is 0 Å². The summed E-state index contributed by atoms with van der Waals surface area (Å²) in [5.74, 6) is -0.0929. The third-order valence-corrected chi connectivity index (χ3v) is 4.33. The predicted molar refractivity (Wildman–Crippen MR) is 68.9 cm³/mol. The highest BCUT2D eigenvalue weighted by molar-refractivity contribution is 5.87. The van der Waals surface area contributed by atoms with Gasteiger partial charge in [0.15, 0.2) is 5.60 Å². The van der Waals surface area contributed by atoms with E-state index < -0.39 is 5.60 Å². The monoisotopic (exact) mass is 245 g/mol. The Morgan fingerprint density at radius 1 is 1.17 bits per heavy atom. The molecule has 1 aromatic rings. The van der Waals surface area contributed by atoms with E-state index in [1.54, 1.807) is 0 Å². The van der Waals surface area contributed by atoms with Crippen molar-refractivity contribution in [3.05, 3.63) is 35.9 Å². The highest BCUT2D eigenvalue weighted by atomic mass is 16.3. The average Bonchev–Trinajstić information content (AvgIpc) is 2.44. The van der Waals surface area contributed by atoms with E-state index in [2.05, 4.69) is 0 Å². The van der Waals surface area contributed by atoms with Crippen molar-refractivity contribution in [3.8, 4) is 0 Å². The van der Waals surface area contributed by atoms with Gasteiger partial charge in [-0.1, -0.05) is 30.3 Å². The molecule has 3 heteroatoms. The van der Waals surface area contributed by atoms with Crippen LogP contribution < -0.4 is 0 Å². The number of nitrogens with zero attached hydrogens (tertiary/aromatic N) is 1. The Morgan fingerprint density at radius 2 is 1.94 bits per heavy atom. The molecule has 0 bridgehead atoms. The fourth-order valence-electron chi connectivity index (χ4n) is 3.27. The first kappa shape index (κ1) is 11.7. The lowest BCUT2D eigenvalue weighted by atomic mass is 9.80. The van der Waals surface area contributed by atoms with Crippen LogP contribution in [-0.4, -0.2) is 28.5 Å². The number of rotatable bonds is 1. The lowest BCUT2D eigenvalue weighted by molar-refractivity contribution is -0.164. The Kier molecular flexibility index (Phi) is 2.86. The summed E-state index contributed by atoms with van der Waals surface area (Å²) in [6, 6.07) is 9.72. The molecule has 0 radical (unpaired) electrons. The molecule has 2 heterocycles. The second-order valence-electron chi connectivity index (χ2n) is 5.41. The van der Waals surface area contributed by atoms with Crippen molar-refractivity contribution in [2.75, 3.05) is 6.54 Å². The summed E-state index contributed by atoms with van der Waals surface area (Å²) in [6.45, 7) is 0.804. The van der Waals surface area contributed by atoms with Gasteiger partial charge >= 0.3 is 0 Å². The van der Waals surface area contributed by atoms with Gasteiger partial charge in [-0.3, -0.25) is 4.79 Å². The van der Waals surface area contributed by atoms with Gasteiger partial charge in [-0.25, -0.2) is 0 Å². The quantitative estimate of drug-likeness (QED) is 0.822. The summed E-state index contributed by atoms with van der Waals surface area (Å²) in [5.41, 5.74) is -0.561. The van der Waals surface area contributed by atoms with Crippen LogP contribution in [0.4, 0.5) is 0 Å². The summed E-state index contributed by atoms with van der Waals surface area (Å²) >= 11 is 0. The highest BCUT2D eigenvalue weighted by Gasteiger charge is 2.47. The zero-order valence-electron chi connectivity index (χ0n) is 10.5. The minimum Gasteiger partial charge on any atom is -0.375 e. The molecule has 0 aliphatic carbocycles.